The topological polar surface area (TPSA) is 92.7 Å². The van der Waals surface area contributed by atoms with Gasteiger partial charge in [-0.3, -0.25) is 9.59 Å². The maximum Gasteiger partial charge on any atom is 0.326 e. The van der Waals surface area contributed by atoms with Crippen molar-refractivity contribution in [2.75, 3.05) is 6.61 Å². The zero-order valence-corrected chi connectivity index (χ0v) is 10.8. The summed E-state index contributed by atoms with van der Waals surface area (Å²) < 4.78 is 5.23. The summed E-state index contributed by atoms with van der Waals surface area (Å²) in [5.74, 6) is -1.67. The van der Waals surface area contributed by atoms with Gasteiger partial charge in [-0.05, 0) is 31.6 Å². The lowest BCUT2D eigenvalue weighted by atomic mass is 9.83. The van der Waals surface area contributed by atoms with E-state index < -0.39 is 18.1 Å². The molecule has 2 fully saturated rings. The van der Waals surface area contributed by atoms with E-state index in [1.54, 1.807) is 0 Å². The molecule has 6 nitrogen and oxygen atoms in total. The second-order valence-electron chi connectivity index (χ2n) is 5.22. The number of amides is 1. The van der Waals surface area contributed by atoms with Crippen LogP contribution >= 0.6 is 0 Å². The van der Waals surface area contributed by atoms with Crippen molar-refractivity contribution in [1.29, 1.82) is 0 Å². The minimum atomic E-state index is -1.08. The van der Waals surface area contributed by atoms with Crippen LogP contribution in [0.15, 0.2) is 0 Å². The number of carbonyl (C=O) groups excluding carboxylic acids is 2. The molecule has 0 aromatic carbocycles. The smallest absolute Gasteiger partial charge is 0.326 e. The molecular weight excluding hydrogens is 250 g/mol. The third-order valence-electron chi connectivity index (χ3n) is 3.78. The van der Waals surface area contributed by atoms with Crippen LogP contribution in [-0.2, 0) is 19.1 Å². The highest BCUT2D eigenvalue weighted by Gasteiger charge is 2.35. The zero-order valence-electron chi connectivity index (χ0n) is 10.8. The van der Waals surface area contributed by atoms with Gasteiger partial charge in [-0.15, -0.1) is 0 Å². The second-order valence-corrected chi connectivity index (χ2v) is 5.22. The largest absolute Gasteiger partial charge is 0.480 e. The Morgan fingerprint density at radius 3 is 2.68 bits per heavy atom. The van der Waals surface area contributed by atoms with E-state index in [0.717, 1.165) is 6.42 Å². The Labute approximate surface area is 111 Å². The Bertz CT molecular complexity index is 375. The fourth-order valence-corrected chi connectivity index (χ4v) is 2.75. The molecule has 3 atom stereocenters. The first kappa shape index (κ1) is 14.0. The van der Waals surface area contributed by atoms with Crippen LogP contribution in [-0.4, -0.2) is 41.5 Å². The molecule has 0 radical (unpaired) electrons. The third-order valence-corrected chi connectivity index (χ3v) is 3.78. The van der Waals surface area contributed by atoms with E-state index in [1.807, 2.05) is 0 Å². The molecule has 2 N–H and O–H groups in total. The van der Waals surface area contributed by atoms with Gasteiger partial charge in [0.25, 0.3) is 0 Å². The molecule has 0 unspecified atom stereocenters. The first-order chi connectivity index (χ1) is 9.08. The van der Waals surface area contributed by atoms with Gasteiger partial charge >= 0.3 is 5.97 Å². The lowest BCUT2D eigenvalue weighted by Crippen LogP contribution is -2.50. The minimum Gasteiger partial charge on any atom is -0.480 e. The number of hydrogen-bond donors (Lipinski definition) is 2. The van der Waals surface area contributed by atoms with Crippen molar-refractivity contribution >= 4 is 17.7 Å². The van der Waals surface area contributed by atoms with Crippen molar-refractivity contribution < 1.29 is 24.2 Å². The van der Waals surface area contributed by atoms with Gasteiger partial charge in [-0.2, -0.15) is 0 Å². The minimum absolute atomic E-state index is 0.0777. The number of aliphatic carboxylic acids is 1. The van der Waals surface area contributed by atoms with Crippen molar-refractivity contribution in [3.8, 4) is 0 Å². The Morgan fingerprint density at radius 2 is 2.11 bits per heavy atom. The average molecular weight is 269 g/mol. The predicted molar refractivity (Wildman–Crippen MR) is 65.5 cm³/mol. The molecule has 1 aliphatic heterocycles. The summed E-state index contributed by atoms with van der Waals surface area (Å²) in [6.45, 7) is 0.539. The first-order valence-electron chi connectivity index (χ1n) is 6.74. The summed E-state index contributed by atoms with van der Waals surface area (Å²) >= 11 is 0. The van der Waals surface area contributed by atoms with Crippen LogP contribution in [0, 0.1) is 5.92 Å². The van der Waals surface area contributed by atoms with Gasteiger partial charge in [0.2, 0.25) is 5.91 Å². The normalized spacial score (nSPS) is 28.9. The maximum absolute atomic E-state index is 11.9. The Balaban J connectivity index is 1.97. The summed E-state index contributed by atoms with van der Waals surface area (Å²) in [7, 11) is 0. The Hall–Kier alpha value is -1.43. The molecule has 2 aliphatic rings. The van der Waals surface area contributed by atoms with Crippen LogP contribution < -0.4 is 5.32 Å². The van der Waals surface area contributed by atoms with Crippen LogP contribution in [0.1, 0.15) is 38.5 Å². The first-order valence-corrected chi connectivity index (χ1v) is 6.74. The molecule has 1 saturated carbocycles. The van der Waals surface area contributed by atoms with Crippen molar-refractivity contribution in [1.82, 2.24) is 5.32 Å². The number of carbonyl (C=O) groups is 3. The van der Waals surface area contributed by atoms with Crippen molar-refractivity contribution in [2.45, 2.75) is 50.7 Å². The summed E-state index contributed by atoms with van der Waals surface area (Å²) in [6.07, 6.45) is 3.02. The van der Waals surface area contributed by atoms with Crippen LogP contribution in [0.3, 0.4) is 0 Å². The molecular formula is C13H19NO5. The highest BCUT2D eigenvalue weighted by Crippen LogP contribution is 2.25. The predicted octanol–water partition coefficient (Wildman–Crippen LogP) is 0.494. The highest BCUT2D eigenvalue weighted by atomic mass is 16.5. The average Bonchev–Trinajstić information content (AvgIpc) is 2.89. The fourth-order valence-electron chi connectivity index (χ4n) is 2.75. The number of ether oxygens (including phenoxy) is 1. The molecule has 1 aliphatic carbocycles. The lowest BCUT2D eigenvalue weighted by Gasteiger charge is -2.28. The van der Waals surface area contributed by atoms with E-state index in [0.29, 0.717) is 32.3 Å². The van der Waals surface area contributed by atoms with Gasteiger partial charge in [-0.1, -0.05) is 0 Å². The molecule has 0 bridgehead atoms. The number of rotatable bonds is 4. The van der Waals surface area contributed by atoms with E-state index in [9.17, 15) is 19.5 Å². The molecule has 1 saturated heterocycles. The highest BCUT2D eigenvalue weighted by molar-refractivity contribution is 5.87. The number of carboxylic acid groups (broad SMARTS) is 1. The monoisotopic (exact) mass is 269 g/mol. The van der Waals surface area contributed by atoms with Crippen molar-refractivity contribution in [3.63, 3.8) is 0 Å². The summed E-state index contributed by atoms with van der Waals surface area (Å²) in [4.78, 5) is 34.6. The van der Waals surface area contributed by atoms with E-state index >= 15 is 0 Å². The molecule has 1 amide bonds. The van der Waals surface area contributed by atoms with Crippen LogP contribution in [0.25, 0.3) is 0 Å². The Morgan fingerprint density at radius 1 is 1.32 bits per heavy atom. The SMILES string of the molecule is O=C1CCC[C@H]([C@H](NC(=O)[C@H]2CCCO2)C(=O)O)C1. The van der Waals surface area contributed by atoms with Gasteiger partial charge in [0, 0.05) is 19.4 Å². The van der Waals surface area contributed by atoms with E-state index in [1.165, 1.54) is 0 Å². The molecule has 0 spiro atoms. The molecule has 2 rings (SSSR count). The van der Waals surface area contributed by atoms with E-state index in [4.69, 9.17) is 4.74 Å². The van der Waals surface area contributed by atoms with Gasteiger partial charge < -0.3 is 15.2 Å². The van der Waals surface area contributed by atoms with Gasteiger partial charge in [0.05, 0.1) is 0 Å². The summed E-state index contributed by atoms with van der Waals surface area (Å²) in [6, 6.07) is -0.985. The summed E-state index contributed by atoms with van der Waals surface area (Å²) in [5.41, 5.74) is 0. The van der Waals surface area contributed by atoms with Gasteiger partial charge in [0.1, 0.15) is 17.9 Å². The third kappa shape index (κ3) is 3.53. The number of Topliss-reactive ketones (excluding diaryl/α,β-unsaturated/α-hetero) is 1. The van der Waals surface area contributed by atoms with Crippen molar-refractivity contribution in [3.05, 3.63) is 0 Å². The standard InChI is InChI=1S/C13H19NO5/c15-9-4-1-3-8(7-9)11(13(17)18)14-12(16)10-5-2-6-19-10/h8,10-11H,1-7H2,(H,14,16)(H,17,18)/t8-,10+,11-/m0/s1. The van der Waals surface area contributed by atoms with E-state index in [2.05, 4.69) is 5.32 Å². The molecule has 19 heavy (non-hydrogen) atoms. The van der Waals surface area contributed by atoms with Crippen molar-refractivity contribution in [2.24, 2.45) is 5.92 Å². The van der Waals surface area contributed by atoms with Crippen LogP contribution in [0.2, 0.25) is 0 Å². The number of carboxylic acids is 1. The van der Waals surface area contributed by atoms with Gasteiger partial charge in [0.15, 0.2) is 0 Å². The molecule has 0 aromatic rings. The lowest BCUT2D eigenvalue weighted by molar-refractivity contribution is -0.146. The molecule has 1 heterocycles. The summed E-state index contributed by atoms with van der Waals surface area (Å²) in [5, 5.41) is 11.8. The van der Waals surface area contributed by atoms with E-state index in [-0.39, 0.29) is 24.0 Å². The molecule has 0 aromatic heterocycles. The Kier molecular flexibility index (Phi) is 4.52. The molecule has 106 valence electrons. The number of nitrogens with one attached hydrogen (secondary N) is 1. The quantitative estimate of drug-likeness (QED) is 0.775. The van der Waals surface area contributed by atoms with Gasteiger partial charge in [-0.25, -0.2) is 4.79 Å². The van der Waals surface area contributed by atoms with Crippen LogP contribution in [0.5, 0.6) is 0 Å². The zero-order chi connectivity index (χ0) is 13.8. The second kappa shape index (κ2) is 6.14. The molecule has 6 heteroatoms. The van der Waals surface area contributed by atoms with Crippen LogP contribution in [0.4, 0.5) is 0 Å². The maximum atomic E-state index is 11.9. The number of hydrogen-bond acceptors (Lipinski definition) is 4. The number of ketones is 1. The fraction of sp³-hybridized carbons (Fsp3) is 0.769.